The highest BCUT2D eigenvalue weighted by molar-refractivity contribution is 5.77. The van der Waals surface area contributed by atoms with Crippen molar-refractivity contribution in [3.63, 3.8) is 0 Å². The Kier molecular flexibility index (Phi) is 7.19. The molecule has 4 rings (SSSR count). The fourth-order valence-electron chi connectivity index (χ4n) is 7.49. The molecule has 0 bridgehead atoms. The van der Waals surface area contributed by atoms with Gasteiger partial charge in [0.05, 0.1) is 25.3 Å². The van der Waals surface area contributed by atoms with Gasteiger partial charge in [-0.05, 0) is 100 Å². The average Bonchev–Trinajstić information content (AvgIpc) is 3.04. The summed E-state index contributed by atoms with van der Waals surface area (Å²) in [6, 6.07) is 2.18. The number of rotatable bonds is 6. The number of hydrogen-bond donors (Lipinski definition) is 0. The quantitative estimate of drug-likeness (QED) is 0.371. The number of hydrogen-bond acceptors (Lipinski definition) is 4. The minimum atomic E-state index is -0.367. The molecule has 2 saturated carbocycles. The normalized spacial score (nSPS) is 34.0. The molecule has 4 heteroatoms. The van der Waals surface area contributed by atoms with Crippen LogP contribution in [0.4, 0.5) is 0 Å². The average molecular weight is 442 g/mol. The second kappa shape index (κ2) is 9.75. The number of ether oxygens (including phenoxy) is 1. The van der Waals surface area contributed by atoms with Gasteiger partial charge >= 0.3 is 5.97 Å². The van der Waals surface area contributed by atoms with Crippen LogP contribution in [0.25, 0.3) is 0 Å². The fraction of sp³-hybridized carbons (Fsp3) is 0.750. The van der Waals surface area contributed by atoms with Gasteiger partial charge in [0.15, 0.2) is 0 Å². The van der Waals surface area contributed by atoms with Crippen LogP contribution < -0.4 is 0 Å². The van der Waals surface area contributed by atoms with Gasteiger partial charge in [0.1, 0.15) is 5.76 Å². The number of carbonyl (C=O) groups is 1. The molecule has 1 aliphatic heterocycles. The van der Waals surface area contributed by atoms with E-state index in [1.165, 1.54) is 56.3 Å². The standard InChI is InChI=1S/C28H43NO3/c1-21-10-13-25-27(2,15-9-16-28(25,3)26(30)31-4)23(21)12-11-22-14-19-32-24(22)20-29-17-7-5-6-8-18-29/h14,19,23,25H,1,5-13,15-18,20H2,2-4H3/t23-,25+,27+,28-/m0/s1. The van der Waals surface area contributed by atoms with Crippen molar-refractivity contribution in [3.8, 4) is 0 Å². The molecule has 1 aromatic heterocycles. The van der Waals surface area contributed by atoms with Crippen molar-refractivity contribution in [2.75, 3.05) is 20.2 Å². The van der Waals surface area contributed by atoms with Crippen molar-refractivity contribution in [1.29, 1.82) is 0 Å². The Labute approximate surface area is 194 Å². The first-order chi connectivity index (χ1) is 15.4. The summed E-state index contributed by atoms with van der Waals surface area (Å²) in [6.07, 6.45) is 14.6. The SMILES string of the molecule is C=C1CC[C@@H]2[C@](C)(CCC[C@]2(C)C(=O)OC)[C@H]1CCc1ccoc1CN1CCCCCC1. The van der Waals surface area contributed by atoms with Crippen LogP contribution in [-0.4, -0.2) is 31.1 Å². The number of furan rings is 1. The van der Waals surface area contributed by atoms with Gasteiger partial charge in [-0.25, -0.2) is 0 Å². The summed E-state index contributed by atoms with van der Waals surface area (Å²) in [4.78, 5) is 15.4. The third-order valence-corrected chi connectivity index (χ3v) is 9.28. The van der Waals surface area contributed by atoms with E-state index in [0.29, 0.717) is 11.8 Å². The van der Waals surface area contributed by atoms with Crippen LogP contribution in [-0.2, 0) is 22.5 Å². The van der Waals surface area contributed by atoms with Gasteiger partial charge in [0.25, 0.3) is 0 Å². The van der Waals surface area contributed by atoms with Gasteiger partial charge in [-0.2, -0.15) is 0 Å². The number of aryl methyl sites for hydroxylation is 1. The maximum atomic E-state index is 12.8. The van der Waals surface area contributed by atoms with Crippen LogP contribution in [0.15, 0.2) is 28.9 Å². The second-order valence-electron chi connectivity index (χ2n) is 11.2. The van der Waals surface area contributed by atoms with Gasteiger partial charge in [0.2, 0.25) is 0 Å². The Balaban J connectivity index is 1.48. The molecule has 0 amide bonds. The van der Waals surface area contributed by atoms with Crippen molar-refractivity contribution in [2.24, 2.45) is 22.7 Å². The molecule has 0 aromatic carbocycles. The molecule has 32 heavy (non-hydrogen) atoms. The molecule has 0 spiro atoms. The Morgan fingerprint density at radius 1 is 1.19 bits per heavy atom. The van der Waals surface area contributed by atoms with E-state index in [1.807, 2.05) is 6.26 Å². The van der Waals surface area contributed by atoms with Crippen LogP contribution in [0.5, 0.6) is 0 Å². The molecule has 4 nitrogen and oxygen atoms in total. The Morgan fingerprint density at radius 2 is 1.94 bits per heavy atom. The van der Waals surface area contributed by atoms with Gasteiger partial charge in [-0.15, -0.1) is 0 Å². The van der Waals surface area contributed by atoms with E-state index in [2.05, 4.69) is 31.4 Å². The lowest BCUT2D eigenvalue weighted by Crippen LogP contribution is -2.53. The van der Waals surface area contributed by atoms with E-state index in [0.717, 1.165) is 50.8 Å². The van der Waals surface area contributed by atoms with Crippen LogP contribution >= 0.6 is 0 Å². The Bertz CT molecular complexity index is 805. The van der Waals surface area contributed by atoms with E-state index in [4.69, 9.17) is 9.15 Å². The number of allylic oxidation sites excluding steroid dienone is 1. The first-order valence-corrected chi connectivity index (χ1v) is 12.9. The Hall–Kier alpha value is -1.55. The summed E-state index contributed by atoms with van der Waals surface area (Å²) in [5, 5.41) is 0. The summed E-state index contributed by atoms with van der Waals surface area (Å²) >= 11 is 0. The van der Waals surface area contributed by atoms with Crippen LogP contribution in [0.1, 0.15) is 89.4 Å². The van der Waals surface area contributed by atoms with Crippen molar-refractivity contribution in [1.82, 2.24) is 4.90 Å². The predicted octanol–water partition coefficient (Wildman–Crippen LogP) is 6.54. The topological polar surface area (TPSA) is 42.7 Å². The minimum absolute atomic E-state index is 0.0192. The van der Waals surface area contributed by atoms with Crippen molar-refractivity contribution < 1.29 is 13.9 Å². The molecule has 2 aliphatic carbocycles. The van der Waals surface area contributed by atoms with Crippen molar-refractivity contribution in [3.05, 3.63) is 35.8 Å². The van der Waals surface area contributed by atoms with E-state index in [1.54, 1.807) is 7.11 Å². The summed E-state index contributed by atoms with van der Waals surface area (Å²) < 4.78 is 11.2. The number of methoxy groups -OCH3 is 1. The van der Waals surface area contributed by atoms with E-state index < -0.39 is 0 Å². The zero-order valence-corrected chi connectivity index (χ0v) is 20.6. The van der Waals surface area contributed by atoms with Crippen molar-refractivity contribution >= 4 is 5.97 Å². The number of fused-ring (bicyclic) bond motifs is 1. The molecule has 0 radical (unpaired) electrons. The predicted molar refractivity (Wildman–Crippen MR) is 128 cm³/mol. The lowest BCUT2D eigenvalue weighted by Gasteiger charge is -2.57. The highest BCUT2D eigenvalue weighted by Crippen LogP contribution is 2.62. The highest BCUT2D eigenvalue weighted by Gasteiger charge is 2.57. The fourth-order valence-corrected chi connectivity index (χ4v) is 7.49. The molecule has 0 N–H and O–H groups in total. The molecule has 3 aliphatic rings. The monoisotopic (exact) mass is 441 g/mol. The zero-order valence-electron chi connectivity index (χ0n) is 20.6. The number of nitrogens with zero attached hydrogens (tertiary/aromatic N) is 1. The lowest BCUT2D eigenvalue weighted by atomic mass is 9.46. The summed E-state index contributed by atoms with van der Waals surface area (Å²) in [5.41, 5.74) is 2.49. The van der Waals surface area contributed by atoms with E-state index in [-0.39, 0.29) is 16.8 Å². The van der Waals surface area contributed by atoms with E-state index >= 15 is 0 Å². The maximum absolute atomic E-state index is 12.8. The summed E-state index contributed by atoms with van der Waals surface area (Å²) in [5.74, 6) is 1.95. The number of likely N-dealkylation sites (tertiary alicyclic amines) is 1. The third kappa shape index (κ3) is 4.44. The number of carbonyl (C=O) groups excluding carboxylic acids is 1. The third-order valence-electron chi connectivity index (χ3n) is 9.28. The van der Waals surface area contributed by atoms with Crippen LogP contribution in [0, 0.1) is 22.7 Å². The highest BCUT2D eigenvalue weighted by atomic mass is 16.5. The second-order valence-corrected chi connectivity index (χ2v) is 11.2. The smallest absolute Gasteiger partial charge is 0.311 e. The van der Waals surface area contributed by atoms with Gasteiger partial charge in [-0.3, -0.25) is 9.69 Å². The molecule has 0 unspecified atom stereocenters. The molecule has 1 saturated heterocycles. The summed E-state index contributed by atoms with van der Waals surface area (Å²) in [7, 11) is 1.55. The molecular formula is C28H43NO3. The minimum Gasteiger partial charge on any atom is -0.469 e. The zero-order chi connectivity index (χ0) is 22.8. The molecule has 1 aromatic rings. The lowest BCUT2D eigenvalue weighted by molar-refractivity contribution is -0.168. The molecule has 3 fully saturated rings. The molecule has 2 heterocycles. The molecule has 178 valence electrons. The maximum Gasteiger partial charge on any atom is 0.311 e. The van der Waals surface area contributed by atoms with Crippen molar-refractivity contribution in [2.45, 2.75) is 91.0 Å². The van der Waals surface area contributed by atoms with Gasteiger partial charge in [-0.1, -0.05) is 38.3 Å². The molecular weight excluding hydrogens is 398 g/mol. The Morgan fingerprint density at radius 3 is 2.66 bits per heavy atom. The van der Waals surface area contributed by atoms with Gasteiger partial charge in [0, 0.05) is 0 Å². The van der Waals surface area contributed by atoms with E-state index in [9.17, 15) is 4.79 Å². The first-order valence-electron chi connectivity index (χ1n) is 12.9. The molecule has 4 atom stereocenters. The summed E-state index contributed by atoms with van der Waals surface area (Å²) in [6.45, 7) is 12.4. The van der Waals surface area contributed by atoms with Crippen LogP contribution in [0.2, 0.25) is 0 Å². The largest absolute Gasteiger partial charge is 0.469 e. The number of esters is 1. The van der Waals surface area contributed by atoms with Gasteiger partial charge < -0.3 is 9.15 Å². The first kappa shape index (κ1) is 23.6. The van der Waals surface area contributed by atoms with Crippen LogP contribution in [0.3, 0.4) is 0 Å².